The Hall–Kier alpha value is -1.73. The van der Waals surface area contributed by atoms with Crippen molar-refractivity contribution in [2.24, 2.45) is 0 Å². The summed E-state index contributed by atoms with van der Waals surface area (Å²) in [6.07, 6.45) is 0. The first-order valence-electron chi connectivity index (χ1n) is 6.50. The van der Waals surface area contributed by atoms with Gasteiger partial charge in [0.1, 0.15) is 0 Å². The van der Waals surface area contributed by atoms with Gasteiger partial charge in [0.05, 0.1) is 20.2 Å². The van der Waals surface area contributed by atoms with Crippen LogP contribution in [-0.2, 0) is 16.1 Å². The fourth-order valence-electron chi connectivity index (χ4n) is 1.74. The molecule has 1 heterocycles. The Bertz CT molecular complexity index is 598. The minimum atomic E-state index is -0.288. The Morgan fingerprint density at radius 3 is 2.67 bits per heavy atom. The number of esters is 1. The maximum absolute atomic E-state index is 11.3. The van der Waals surface area contributed by atoms with Gasteiger partial charge in [-0.05, 0) is 30.8 Å². The van der Waals surface area contributed by atoms with E-state index in [1.165, 1.54) is 7.11 Å². The van der Waals surface area contributed by atoms with Crippen LogP contribution in [0.1, 0.15) is 12.8 Å². The van der Waals surface area contributed by atoms with E-state index in [-0.39, 0.29) is 12.5 Å². The number of methoxy groups -OCH3 is 1. The number of aromatic nitrogens is 2. The molecule has 1 aromatic heterocycles. The average molecular weight is 354 g/mol. The van der Waals surface area contributed by atoms with Crippen LogP contribution in [0.3, 0.4) is 0 Å². The first-order valence-corrected chi connectivity index (χ1v) is 7.29. The SMILES string of the molecule is CCN(CC(=O)OC)Cc1nnc(-c2ccc(Br)cc2)o1. The van der Waals surface area contributed by atoms with Crippen molar-refractivity contribution in [2.45, 2.75) is 13.5 Å². The van der Waals surface area contributed by atoms with Gasteiger partial charge in [-0.2, -0.15) is 0 Å². The topological polar surface area (TPSA) is 68.5 Å². The minimum Gasteiger partial charge on any atom is -0.468 e. The van der Waals surface area contributed by atoms with Crippen LogP contribution in [0.2, 0.25) is 0 Å². The van der Waals surface area contributed by atoms with Crippen LogP contribution in [0.15, 0.2) is 33.2 Å². The first-order chi connectivity index (χ1) is 10.1. The van der Waals surface area contributed by atoms with E-state index in [4.69, 9.17) is 4.42 Å². The summed E-state index contributed by atoms with van der Waals surface area (Å²) in [5.74, 6) is 0.648. The van der Waals surface area contributed by atoms with E-state index in [1.54, 1.807) is 0 Å². The number of benzene rings is 1. The predicted octanol–water partition coefficient (Wildman–Crippen LogP) is 2.49. The zero-order valence-corrected chi connectivity index (χ0v) is 13.5. The molecule has 0 atom stereocenters. The highest BCUT2D eigenvalue weighted by atomic mass is 79.9. The van der Waals surface area contributed by atoms with E-state index in [0.717, 1.165) is 10.0 Å². The minimum absolute atomic E-state index is 0.197. The van der Waals surface area contributed by atoms with Crippen LogP contribution >= 0.6 is 15.9 Å². The third-order valence-electron chi connectivity index (χ3n) is 2.94. The molecule has 2 rings (SSSR count). The number of carbonyl (C=O) groups excluding carboxylic acids is 1. The van der Waals surface area contributed by atoms with Gasteiger partial charge in [0.25, 0.3) is 0 Å². The molecule has 0 aliphatic carbocycles. The fraction of sp³-hybridized carbons (Fsp3) is 0.357. The molecule has 6 nitrogen and oxygen atoms in total. The summed E-state index contributed by atoms with van der Waals surface area (Å²) in [7, 11) is 1.37. The van der Waals surface area contributed by atoms with Crippen molar-refractivity contribution in [3.05, 3.63) is 34.6 Å². The molecule has 0 radical (unpaired) electrons. The largest absolute Gasteiger partial charge is 0.468 e. The molecule has 0 spiro atoms. The number of rotatable bonds is 6. The van der Waals surface area contributed by atoms with E-state index in [2.05, 4.69) is 30.9 Å². The first kappa shape index (κ1) is 15.7. The molecule has 0 N–H and O–H groups in total. The van der Waals surface area contributed by atoms with Gasteiger partial charge in [0.2, 0.25) is 11.8 Å². The molecule has 21 heavy (non-hydrogen) atoms. The van der Waals surface area contributed by atoms with E-state index >= 15 is 0 Å². The predicted molar refractivity (Wildman–Crippen MR) is 80.4 cm³/mol. The van der Waals surface area contributed by atoms with Crippen LogP contribution in [0, 0.1) is 0 Å². The summed E-state index contributed by atoms with van der Waals surface area (Å²) < 4.78 is 11.3. The van der Waals surface area contributed by atoms with Gasteiger partial charge >= 0.3 is 5.97 Å². The maximum atomic E-state index is 11.3. The molecule has 0 saturated heterocycles. The molecule has 1 aromatic carbocycles. The molecule has 112 valence electrons. The van der Waals surface area contributed by atoms with Crippen LogP contribution in [-0.4, -0.2) is 41.3 Å². The lowest BCUT2D eigenvalue weighted by Gasteiger charge is -2.16. The van der Waals surface area contributed by atoms with E-state index < -0.39 is 0 Å². The summed E-state index contributed by atoms with van der Waals surface area (Å²) in [4.78, 5) is 13.2. The molecular formula is C14H16BrN3O3. The molecule has 0 unspecified atom stereocenters. The summed E-state index contributed by atoms with van der Waals surface area (Å²) in [6.45, 7) is 3.25. The number of halogens is 1. The standard InChI is InChI=1S/C14H16BrN3O3/c1-3-18(9-13(19)20-2)8-12-16-17-14(21-12)10-4-6-11(15)7-5-10/h4-7H,3,8-9H2,1-2H3. The molecule has 0 fully saturated rings. The Kier molecular flexibility index (Phi) is 5.46. The van der Waals surface area contributed by atoms with Gasteiger partial charge < -0.3 is 9.15 Å². The quantitative estimate of drug-likeness (QED) is 0.743. The second-order valence-corrected chi connectivity index (χ2v) is 5.30. The van der Waals surface area contributed by atoms with Crippen LogP contribution in [0.4, 0.5) is 0 Å². The third kappa shape index (κ3) is 4.37. The second-order valence-electron chi connectivity index (χ2n) is 4.39. The zero-order chi connectivity index (χ0) is 15.2. The van der Waals surface area contributed by atoms with Crippen LogP contribution in [0.5, 0.6) is 0 Å². The van der Waals surface area contributed by atoms with E-state index in [0.29, 0.717) is 24.9 Å². The number of likely N-dealkylation sites (N-methyl/N-ethyl adjacent to an activating group) is 1. The monoisotopic (exact) mass is 353 g/mol. The molecule has 0 bridgehead atoms. The normalized spacial score (nSPS) is 10.9. The highest BCUT2D eigenvalue weighted by molar-refractivity contribution is 9.10. The molecule has 2 aromatic rings. The van der Waals surface area contributed by atoms with Crippen molar-refractivity contribution < 1.29 is 13.9 Å². The van der Waals surface area contributed by atoms with Crippen LogP contribution < -0.4 is 0 Å². The summed E-state index contributed by atoms with van der Waals surface area (Å²) in [5.41, 5.74) is 0.855. The Morgan fingerprint density at radius 2 is 2.05 bits per heavy atom. The molecule has 0 aliphatic heterocycles. The lowest BCUT2D eigenvalue weighted by atomic mass is 10.2. The van der Waals surface area contributed by atoms with Gasteiger partial charge in [-0.3, -0.25) is 9.69 Å². The summed E-state index contributed by atoms with van der Waals surface area (Å²) >= 11 is 3.38. The van der Waals surface area contributed by atoms with Crippen molar-refractivity contribution in [1.82, 2.24) is 15.1 Å². The number of hydrogen-bond donors (Lipinski definition) is 0. The molecule has 0 saturated carbocycles. The number of nitrogens with zero attached hydrogens (tertiary/aromatic N) is 3. The summed E-state index contributed by atoms with van der Waals surface area (Å²) in [5, 5.41) is 8.04. The van der Waals surface area contributed by atoms with Crippen molar-refractivity contribution in [3.8, 4) is 11.5 Å². The van der Waals surface area contributed by atoms with Gasteiger partial charge in [-0.1, -0.05) is 22.9 Å². The number of ether oxygens (including phenoxy) is 1. The average Bonchev–Trinajstić information content (AvgIpc) is 2.95. The van der Waals surface area contributed by atoms with E-state index in [1.807, 2.05) is 36.1 Å². The summed E-state index contributed by atoms with van der Waals surface area (Å²) in [6, 6.07) is 7.62. The highest BCUT2D eigenvalue weighted by Crippen LogP contribution is 2.20. The van der Waals surface area contributed by atoms with Gasteiger partial charge in [0.15, 0.2) is 0 Å². The van der Waals surface area contributed by atoms with Gasteiger partial charge in [0, 0.05) is 10.0 Å². The lowest BCUT2D eigenvalue weighted by Crippen LogP contribution is -2.30. The Morgan fingerprint density at radius 1 is 1.33 bits per heavy atom. The molecule has 7 heteroatoms. The zero-order valence-electron chi connectivity index (χ0n) is 11.9. The smallest absolute Gasteiger partial charge is 0.319 e. The fourth-order valence-corrected chi connectivity index (χ4v) is 2.01. The van der Waals surface area contributed by atoms with Crippen molar-refractivity contribution in [3.63, 3.8) is 0 Å². The Labute approximate surface area is 131 Å². The van der Waals surface area contributed by atoms with Crippen molar-refractivity contribution in [2.75, 3.05) is 20.2 Å². The van der Waals surface area contributed by atoms with E-state index in [9.17, 15) is 4.79 Å². The molecular weight excluding hydrogens is 338 g/mol. The van der Waals surface area contributed by atoms with Gasteiger partial charge in [-0.15, -0.1) is 10.2 Å². The van der Waals surface area contributed by atoms with Gasteiger partial charge in [-0.25, -0.2) is 0 Å². The molecule has 0 amide bonds. The number of carbonyl (C=O) groups is 1. The Balaban J connectivity index is 2.05. The number of hydrogen-bond acceptors (Lipinski definition) is 6. The lowest BCUT2D eigenvalue weighted by molar-refractivity contribution is -0.142. The highest BCUT2D eigenvalue weighted by Gasteiger charge is 2.14. The maximum Gasteiger partial charge on any atom is 0.319 e. The van der Waals surface area contributed by atoms with Crippen molar-refractivity contribution >= 4 is 21.9 Å². The molecule has 0 aliphatic rings. The van der Waals surface area contributed by atoms with Crippen LogP contribution in [0.25, 0.3) is 11.5 Å². The third-order valence-corrected chi connectivity index (χ3v) is 3.47. The second kappa shape index (κ2) is 7.33. The van der Waals surface area contributed by atoms with Crippen molar-refractivity contribution in [1.29, 1.82) is 0 Å².